The molecule has 24 heavy (non-hydrogen) atoms. The Balaban J connectivity index is 2.06. The molecule has 130 valence electrons. The zero-order valence-corrected chi connectivity index (χ0v) is 15.4. The van der Waals surface area contributed by atoms with Crippen LogP contribution in [0, 0.1) is 6.92 Å². The van der Waals surface area contributed by atoms with Gasteiger partial charge in [-0.25, -0.2) is 13.4 Å². The molecule has 6 nitrogen and oxygen atoms in total. The molecule has 1 aromatic heterocycles. The van der Waals surface area contributed by atoms with Crippen LogP contribution in [0.4, 0.5) is 0 Å². The van der Waals surface area contributed by atoms with E-state index in [1.807, 2.05) is 19.2 Å². The standard InChI is InChI=1S/C16H20N2O4S2/c1-11(15-10-23-12(2)18-15)17-16(19)13-4-6-14(7-5-13)24(20,21)9-8-22-3/h4-7,10-11H,8-9H2,1-3H3,(H,17,19). The van der Waals surface area contributed by atoms with E-state index >= 15 is 0 Å². The van der Waals surface area contributed by atoms with Gasteiger partial charge in [0.1, 0.15) is 0 Å². The number of rotatable bonds is 7. The average molecular weight is 368 g/mol. The largest absolute Gasteiger partial charge is 0.384 e. The van der Waals surface area contributed by atoms with E-state index < -0.39 is 9.84 Å². The van der Waals surface area contributed by atoms with Gasteiger partial charge in [0, 0.05) is 18.1 Å². The van der Waals surface area contributed by atoms with Crippen molar-refractivity contribution in [1.29, 1.82) is 0 Å². The summed E-state index contributed by atoms with van der Waals surface area (Å²) < 4.78 is 28.9. The van der Waals surface area contributed by atoms with Crippen molar-refractivity contribution < 1.29 is 17.9 Å². The number of hydrogen-bond acceptors (Lipinski definition) is 6. The number of sulfone groups is 1. The molecule has 2 rings (SSSR count). The average Bonchev–Trinajstić information content (AvgIpc) is 2.99. The zero-order valence-electron chi connectivity index (χ0n) is 13.8. The Labute approximate surface area is 145 Å². The smallest absolute Gasteiger partial charge is 0.251 e. The molecule has 1 atom stereocenters. The predicted molar refractivity (Wildman–Crippen MR) is 93.1 cm³/mol. The minimum atomic E-state index is -3.39. The lowest BCUT2D eigenvalue weighted by molar-refractivity contribution is 0.0939. The molecule has 1 N–H and O–H groups in total. The van der Waals surface area contributed by atoms with Crippen LogP contribution in [0.15, 0.2) is 34.5 Å². The van der Waals surface area contributed by atoms with E-state index in [2.05, 4.69) is 10.3 Å². The number of amides is 1. The summed E-state index contributed by atoms with van der Waals surface area (Å²) in [6.45, 7) is 3.90. The van der Waals surface area contributed by atoms with Crippen molar-refractivity contribution in [2.75, 3.05) is 19.5 Å². The van der Waals surface area contributed by atoms with Gasteiger partial charge in [0.05, 0.1) is 34.0 Å². The molecule has 0 aliphatic heterocycles. The normalized spacial score (nSPS) is 12.8. The Morgan fingerprint density at radius 3 is 2.54 bits per heavy atom. The summed E-state index contributed by atoms with van der Waals surface area (Å²) in [5.74, 6) is -0.357. The van der Waals surface area contributed by atoms with E-state index in [-0.39, 0.29) is 29.2 Å². The molecule has 8 heteroatoms. The van der Waals surface area contributed by atoms with Crippen LogP contribution < -0.4 is 5.32 Å². The van der Waals surface area contributed by atoms with E-state index in [4.69, 9.17) is 4.74 Å². The van der Waals surface area contributed by atoms with Gasteiger partial charge in [-0.05, 0) is 38.1 Å². The highest BCUT2D eigenvalue weighted by atomic mass is 32.2. The number of benzene rings is 1. The van der Waals surface area contributed by atoms with Gasteiger partial charge in [-0.15, -0.1) is 11.3 Å². The third-order valence-electron chi connectivity index (χ3n) is 3.46. The van der Waals surface area contributed by atoms with Crippen molar-refractivity contribution in [2.45, 2.75) is 24.8 Å². The van der Waals surface area contributed by atoms with Crippen molar-refractivity contribution in [3.63, 3.8) is 0 Å². The molecule has 1 heterocycles. The number of carbonyl (C=O) groups is 1. The highest BCUT2D eigenvalue weighted by Gasteiger charge is 2.17. The molecule has 0 aliphatic rings. The number of aryl methyl sites for hydroxylation is 1. The second-order valence-corrected chi connectivity index (χ2v) is 8.49. The van der Waals surface area contributed by atoms with Crippen molar-refractivity contribution >= 4 is 27.1 Å². The minimum absolute atomic E-state index is 0.0880. The lowest BCUT2D eigenvalue weighted by Gasteiger charge is -2.12. The van der Waals surface area contributed by atoms with Crippen LogP contribution in [0.1, 0.15) is 34.0 Å². The van der Waals surface area contributed by atoms with E-state index in [9.17, 15) is 13.2 Å². The fourth-order valence-electron chi connectivity index (χ4n) is 2.06. The lowest BCUT2D eigenvalue weighted by Crippen LogP contribution is -2.26. The second-order valence-electron chi connectivity index (χ2n) is 5.32. The summed E-state index contributed by atoms with van der Waals surface area (Å²) in [6.07, 6.45) is 0. The third-order valence-corrected chi connectivity index (χ3v) is 5.95. The van der Waals surface area contributed by atoms with Crippen molar-refractivity contribution in [3.8, 4) is 0 Å². The Kier molecular flexibility index (Phi) is 6.09. The first-order chi connectivity index (χ1) is 11.3. The third kappa shape index (κ3) is 4.62. The number of carbonyl (C=O) groups excluding carboxylic acids is 1. The van der Waals surface area contributed by atoms with Gasteiger partial charge in [0.15, 0.2) is 9.84 Å². The predicted octanol–water partition coefficient (Wildman–Crippen LogP) is 2.36. The fraction of sp³-hybridized carbons (Fsp3) is 0.375. The first kappa shape index (κ1) is 18.6. The van der Waals surface area contributed by atoms with Gasteiger partial charge in [-0.1, -0.05) is 0 Å². The first-order valence-electron chi connectivity index (χ1n) is 7.38. The van der Waals surface area contributed by atoms with Crippen LogP contribution in [0.25, 0.3) is 0 Å². The van der Waals surface area contributed by atoms with Gasteiger partial charge >= 0.3 is 0 Å². The highest BCUT2D eigenvalue weighted by molar-refractivity contribution is 7.91. The minimum Gasteiger partial charge on any atom is -0.384 e. The molecule has 0 spiro atoms. The molecule has 0 aliphatic carbocycles. The highest BCUT2D eigenvalue weighted by Crippen LogP contribution is 2.17. The molecule has 1 aromatic carbocycles. The van der Waals surface area contributed by atoms with E-state index in [0.717, 1.165) is 10.7 Å². The van der Waals surface area contributed by atoms with Crippen LogP contribution in [0.3, 0.4) is 0 Å². The van der Waals surface area contributed by atoms with Crippen LogP contribution in [0.2, 0.25) is 0 Å². The summed E-state index contributed by atoms with van der Waals surface area (Å²) in [7, 11) is -1.94. The first-order valence-corrected chi connectivity index (χ1v) is 9.91. The Bertz CT molecular complexity index is 798. The SMILES string of the molecule is COCCS(=O)(=O)c1ccc(C(=O)NC(C)c2csc(C)n2)cc1. The molecule has 1 unspecified atom stereocenters. The number of nitrogens with one attached hydrogen (secondary N) is 1. The maximum Gasteiger partial charge on any atom is 0.251 e. The fourth-order valence-corrected chi connectivity index (χ4v) is 3.94. The molecule has 2 aromatic rings. The summed E-state index contributed by atoms with van der Waals surface area (Å²) in [4.78, 5) is 16.8. The van der Waals surface area contributed by atoms with Gasteiger partial charge in [-0.2, -0.15) is 0 Å². The summed E-state index contributed by atoms with van der Waals surface area (Å²) in [6, 6.07) is 5.68. The zero-order chi connectivity index (χ0) is 17.7. The number of aromatic nitrogens is 1. The molecule has 0 saturated heterocycles. The number of ether oxygens (including phenoxy) is 1. The summed E-state index contributed by atoms with van der Waals surface area (Å²) in [5.41, 5.74) is 1.21. The van der Waals surface area contributed by atoms with Crippen molar-refractivity contribution in [2.24, 2.45) is 0 Å². The van der Waals surface area contributed by atoms with E-state index in [1.54, 1.807) is 0 Å². The Morgan fingerprint density at radius 2 is 2.00 bits per heavy atom. The summed E-state index contributed by atoms with van der Waals surface area (Å²) >= 11 is 1.53. The van der Waals surface area contributed by atoms with Gasteiger partial charge in [0.25, 0.3) is 5.91 Å². The molecule has 1 amide bonds. The van der Waals surface area contributed by atoms with Crippen LogP contribution >= 0.6 is 11.3 Å². The maximum atomic E-state index is 12.3. The molecule has 0 bridgehead atoms. The lowest BCUT2D eigenvalue weighted by atomic mass is 10.2. The van der Waals surface area contributed by atoms with Gasteiger partial charge in [-0.3, -0.25) is 4.79 Å². The molecule has 0 saturated carbocycles. The monoisotopic (exact) mass is 368 g/mol. The Morgan fingerprint density at radius 1 is 1.33 bits per heavy atom. The van der Waals surface area contributed by atoms with Gasteiger partial charge in [0.2, 0.25) is 0 Å². The molecular formula is C16H20N2O4S2. The number of nitrogens with zero attached hydrogens (tertiary/aromatic N) is 1. The number of methoxy groups -OCH3 is 1. The number of thiazole rings is 1. The van der Waals surface area contributed by atoms with Crippen LogP contribution in [-0.4, -0.2) is 38.8 Å². The topological polar surface area (TPSA) is 85.4 Å². The van der Waals surface area contributed by atoms with E-state index in [1.165, 1.54) is 42.7 Å². The maximum absolute atomic E-state index is 12.3. The van der Waals surface area contributed by atoms with Crippen molar-refractivity contribution in [3.05, 3.63) is 45.9 Å². The Hall–Kier alpha value is -1.77. The molecule has 0 radical (unpaired) electrons. The molecular weight excluding hydrogens is 348 g/mol. The summed E-state index contributed by atoms with van der Waals surface area (Å²) in [5, 5.41) is 5.70. The van der Waals surface area contributed by atoms with E-state index in [0.29, 0.717) is 5.56 Å². The van der Waals surface area contributed by atoms with Crippen molar-refractivity contribution in [1.82, 2.24) is 10.3 Å². The van der Waals surface area contributed by atoms with Crippen LogP contribution in [0.5, 0.6) is 0 Å². The quantitative estimate of drug-likeness (QED) is 0.811. The molecule has 0 fully saturated rings. The second kappa shape index (κ2) is 7.87. The van der Waals surface area contributed by atoms with Crippen LogP contribution in [-0.2, 0) is 14.6 Å². The van der Waals surface area contributed by atoms with Gasteiger partial charge < -0.3 is 10.1 Å². The number of hydrogen-bond donors (Lipinski definition) is 1.